The maximum Gasteiger partial charge on any atom is 0.166 e. The molecule has 0 bridgehead atoms. The molecule has 3 aromatic rings. The quantitative estimate of drug-likeness (QED) is 0.614. The Hall–Kier alpha value is -2.72. The van der Waals surface area contributed by atoms with Crippen molar-refractivity contribution in [1.29, 1.82) is 0 Å². The number of benzene rings is 3. The van der Waals surface area contributed by atoms with Gasteiger partial charge in [-0.15, -0.1) is 0 Å². The molecule has 0 aliphatic heterocycles. The molecule has 1 N–H and O–H groups in total. The van der Waals surface area contributed by atoms with E-state index in [2.05, 4.69) is 41.7 Å². The fourth-order valence-electron chi connectivity index (χ4n) is 3.08. The Labute approximate surface area is 161 Å². The summed E-state index contributed by atoms with van der Waals surface area (Å²) in [5.41, 5.74) is 2.33. The van der Waals surface area contributed by atoms with Crippen molar-refractivity contribution in [2.45, 2.75) is 33.0 Å². The highest BCUT2D eigenvalue weighted by atomic mass is 16.5. The lowest BCUT2D eigenvalue weighted by molar-refractivity contribution is 0.227. The van der Waals surface area contributed by atoms with E-state index in [1.807, 2.05) is 32.0 Å². The van der Waals surface area contributed by atoms with Crippen LogP contribution in [-0.4, -0.2) is 20.3 Å². The van der Waals surface area contributed by atoms with Crippen molar-refractivity contribution < 1.29 is 14.2 Å². The highest BCUT2D eigenvalue weighted by molar-refractivity contribution is 5.84. The molecular formula is C23H27NO3. The molecule has 0 amide bonds. The summed E-state index contributed by atoms with van der Waals surface area (Å²) < 4.78 is 16.7. The molecule has 0 saturated carbocycles. The van der Waals surface area contributed by atoms with Crippen LogP contribution in [0.2, 0.25) is 0 Å². The minimum atomic E-state index is 0.0949. The molecule has 0 fully saturated rings. The number of fused-ring (bicyclic) bond motifs is 1. The number of nitrogens with one attached hydrogen (secondary N) is 1. The van der Waals surface area contributed by atoms with Crippen LogP contribution in [0.4, 0.5) is 0 Å². The molecule has 0 radical (unpaired) electrons. The predicted octanol–water partition coefficient (Wildman–Crippen LogP) is 4.93. The lowest BCUT2D eigenvalue weighted by Gasteiger charge is -2.17. The van der Waals surface area contributed by atoms with Crippen molar-refractivity contribution in [3.8, 4) is 17.2 Å². The summed E-state index contributed by atoms with van der Waals surface area (Å²) in [7, 11) is 3.36. The third kappa shape index (κ3) is 4.72. The first-order valence-corrected chi connectivity index (χ1v) is 9.20. The first kappa shape index (κ1) is 19.1. The zero-order valence-electron chi connectivity index (χ0n) is 16.4. The Morgan fingerprint density at radius 2 is 1.63 bits per heavy atom. The van der Waals surface area contributed by atoms with Gasteiger partial charge in [-0.2, -0.15) is 0 Å². The van der Waals surface area contributed by atoms with E-state index in [0.29, 0.717) is 6.54 Å². The Bertz CT molecular complexity index is 905. The lowest BCUT2D eigenvalue weighted by atomic mass is 10.1. The van der Waals surface area contributed by atoms with Gasteiger partial charge in [0.25, 0.3) is 0 Å². The molecule has 4 nitrogen and oxygen atoms in total. The van der Waals surface area contributed by atoms with Crippen LogP contribution in [0.3, 0.4) is 0 Å². The topological polar surface area (TPSA) is 39.7 Å². The minimum absolute atomic E-state index is 0.0949. The van der Waals surface area contributed by atoms with E-state index < -0.39 is 0 Å². The summed E-state index contributed by atoms with van der Waals surface area (Å²) in [6, 6.07) is 18.6. The summed E-state index contributed by atoms with van der Waals surface area (Å²) in [5.74, 6) is 2.46. The highest BCUT2D eigenvalue weighted by Gasteiger charge is 2.12. The molecule has 3 rings (SSSR count). The highest BCUT2D eigenvalue weighted by Crippen LogP contribution is 2.32. The second-order valence-corrected chi connectivity index (χ2v) is 6.77. The van der Waals surface area contributed by atoms with Gasteiger partial charge in [-0.3, -0.25) is 0 Å². The molecule has 0 heterocycles. The van der Waals surface area contributed by atoms with Gasteiger partial charge in [0, 0.05) is 18.7 Å². The van der Waals surface area contributed by atoms with Gasteiger partial charge >= 0.3 is 0 Å². The largest absolute Gasteiger partial charge is 0.497 e. The zero-order valence-corrected chi connectivity index (χ0v) is 16.4. The van der Waals surface area contributed by atoms with Gasteiger partial charge in [-0.1, -0.05) is 30.3 Å². The summed E-state index contributed by atoms with van der Waals surface area (Å²) in [6.45, 7) is 5.53. The van der Waals surface area contributed by atoms with E-state index in [9.17, 15) is 0 Å². The van der Waals surface area contributed by atoms with E-state index in [4.69, 9.17) is 14.2 Å². The number of hydrogen-bond donors (Lipinski definition) is 1. The SMILES string of the molecule is COc1ccc2cc(CNCc3cccc(OC)c3OC(C)C)ccc2c1. The second-order valence-electron chi connectivity index (χ2n) is 6.77. The van der Waals surface area contributed by atoms with Gasteiger partial charge in [-0.25, -0.2) is 0 Å². The van der Waals surface area contributed by atoms with Crippen LogP contribution in [0, 0.1) is 0 Å². The summed E-state index contributed by atoms with van der Waals surface area (Å²) in [4.78, 5) is 0. The van der Waals surface area contributed by atoms with Crippen molar-refractivity contribution in [3.63, 3.8) is 0 Å². The average molecular weight is 365 g/mol. The molecule has 0 aliphatic rings. The third-order valence-corrected chi connectivity index (χ3v) is 4.39. The van der Waals surface area contributed by atoms with Gasteiger partial charge in [0.1, 0.15) is 5.75 Å². The Balaban J connectivity index is 1.70. The van der Waals surface area contributed by atoms with Crippen LogP contribution in [-0.2, 0) is 13.1 Å². The molecule has 0 unspecified atom stereocenters. The molecule has 0 spiro atoms. The van der Waals surface area contributed by atoms with Crippen LogP contribution < -0.4 is 19.5 Å². The Morgan fingerprint density at radius 1 is 0.852 bits per heavy atom. The summed E-state index contributed by atoms with van der Waals surface area (Å²) in [5, 5.41) is 5.90. The van der Waals surface area contributed by atoms with Gasteiger partial charge in [0.05, 0.1) is 20.3 Å². The van der Waals surface area contributed by atoms with Crippen LogP contribution in [0.5, 0.6) is 17.2 Å². The number of para-hydroxylation sites is 1. The lowest BCUT2D eigenvalue weighted by Crippen LogP contribution is -2.15. The van der Waals surface area contributed by atoms with Gasteiger partial charge in [-0.05, 0) is 54.4 Å². The number of hydrogen-bond acceptors (Lipinski definition) is 4. The minimum Gasteiger partial charge on any atom is -0.497 e. The number of methoxy groups -OCH3 is 2. The summed E-state index contributed by atoms with van der Waals surface area (Å²) >= 11 is 0. The van der Waals surface area contributed by atoms with E-state index in [0.717, 1.165) is 29.4 Å². The predicted molar refractivity (Wildman–Crippen MR) is 110 cm³/mol. The van der Waals surface area contributed by atoms with Crippen molar-refractivity contribution in [2.75, 3.05) is 14.2 Å². The van der Waals surface area contributed by atoms with Gasteiger partial charge < -0.3 is 19.5 Å². The smallest absolute Gasteiger partial charge is 0.166 e. The van der Waals surface area contributed by atoms with E-state index in [1.54, 1.807) is 14.2 Å². The fraction of sp³-hybridized carbons (Fsp3) is 0.304. The van der Waals surface area contributed by atoms with E-state index in [-0.39, 0.29) is 6.10 Å². The molecule has 27 heavy (non-hydrogen) atoms. The Kier molecular flexibility index (Phi) is 6.20. The van der Waals surface area contributed by atoms with Crippen LogP contribution >= 0.6 is 0 Å². The van der Waals surface area contributed by atoms with Crippen molar-refractivity contribution in [2.24, 2.45) is 0 Å². The third-order valence-electron chi connectivity index (χ3n) is 4.39. The second kappa shape index (κ2) is 8.78. The normalized spacial score (nSPS) is 11.0. The molecule has 0 aliphatic carbocycles. The molecule has 4 heteroatoms. The standard InChI is InChI=1S/C23H27NO3/c1-16(2)27-23-20(6-5-7-22(23)26-4)15-24-14-17-8-9-19-13-21(25-3)11-10-18(19)12-17/h5-13,16,24H,14-15H2,1-4H3. The van der Waals surface area contributed by atoms with Gasteiger partial charge in [0.2, 0.25) is 0 Å². The number of rotatable bonds is 8. The monoisotopic (exact) mass is 365 g/mol. The molecule has 142 valence electrons. The van der Waals surface area contributed by atoms with E-state index in [1.165, 1.54) is 16.3 Å². The first-order valence-electron chi connectivity index (χ1n) is 9.20. The first-order chi connectivity index (χ1) is 13.1. The maximum atomic E-state index is 5.97. The van der Waals surface area contributed by atoms with Crippen molar-refractivity contribution in [3.05, 3.63) is 65.7 Å². The molecule has 0 atom stereocenters. The van der Waals surface area contributed by atoms with Crippen molar-refractivity contribution >= 4 is 10.8 Å². The fourth-order valence-corrected chi connectivity index (χ4v) is 3.08. The maximum absolute atomic E-state index is 5.97. The molecular weight excluding hydrogens is 338 g/mol. The van der Waals surface area contributed by atoms with Crippen LogP contribution in [0.1, 0.15) is 25.0 Å². The summed E-state index contributed by atoms with van der Waals surface area (Å²) in [6.07, 6.45) is 0.0949. The molecule has 0 aromatic heterocycles. The zero-order chi connectivity index (χ0) is 19.2. The average Bonchev–Trinajstić information content (AvgIpc) is 2.68. The van der Waals surface area contributed by atoms with Crippen LogP contribution in [0.25, 0.3) is 10.8 Å². The van der Waals surface area contributed by atoms with Crippen molar-refractivity contribution in [1.82, 2.24) is 5.32 Å². The van der Waals surface area contributed by atoms with Crippen LogP contribution in [0.15, 0.2) is 54.6 Å². The van der Waals surface area contributed by atoms with Gasteiger partial charge in [0.15, 0.2) is 11.5 Å². The van der Waals surface area contributed by atoms with E-state index >= 15 is 0 Å². The Morgan fingerprint density at radius 3 is 2.37 bits per heavy atom. The molecule has 0 saturated heterocycles. The number of ether oxygens (including phenoxy) is 3. The molecule has 3 aromatic carbocycles.